The number of nitriles is 1. The van der Waals surface area contributed by atoms with Crippen molar-refractivity contribution >= 4 is 11.3 Å². The van der Waals surface area contributed by atoms with Gasteiger partial charge in [-0.15, -0.1) is 11.3 Å². The van der Waals surface area contributed by atoms with E-state index in [-0.39, 0.29) is 17.2 Å². The van der Waals surface area contributed by atoms with Crippen molar-refractivity contribution in [3.05, 3.63) is 46.9 Å². The monoisotopic (exact) mass is 433 g/mol. The second-order valence-electron chi connectivity index (χ2n) is 8.19. The summed E-state index contributed by atoms with van der Waals surface area (Å²) in [6, 6.07) is 5.89. The standard InChI is InChI=1S/C22H25F2N3O2S/c1-13-8-22(4,14(2)28)12-27(10-13)11-20-18(9-25)26-21(30-20)17-7-16(24)5-6-19(17)29-15(3)23/h5-7,13,15,28H,2,8,10-12H2,1,3-4H3/t13-,15?,22-/m1/s1. The van der Waals surface area contributed by atoms with Crippen molar-refractivity contribution in [3.63, 3.8) is 0 Å². The number of ether oxygens (including phenoxy) is 1. The molecule has 1 saturated heterocycles. The van der Waals surface area contributed by atoms with E-state index in [4.69, 9.17) is 4.74 Å². The quantitative estimate of drug-likeness (QED) is 0.615. The molecule has 1 unspecified atom stereocenters. The number of aromatic nitrogens is 1. The Morgan fingerprint density at radius 2 is 2.30 bits per heavy atom. The van der Waals surface area contributed by atoms with Gasteiger partial charge in [-0.2, -0.15) is 5.26 Å². The first-order valence-corrected chi connectivity index (χ1v) is 10.5. The first-order chi connectivity index (χ1) is 14.1. The molecule has 1 fully saturated rings. The summed E-state index contributed by atoms with van der Waals surface area (Å²) in [5.41, 5.74) is 0.146. The molecular weight excluding hydrogens is 408 g/mol. The Bertz CT molecular complexity index is 985. The van der Waals surface area contributed by atoms with E-state index in [2.05, 4.69) is 29.5 Å². The summed E-state index contributed by atoms with van der Waals surface area (Å²) in [5.74, 6) is 0.180. The zero-order valence-corrected chi connectivity index (χ0v) is 18.1. The topological polar surface area (TPSA) is 69.4 Å². The van der Waals surface area contributed by atoms with Gasteiger partial charge in [-0.25, -0.2) is 13.8 Å². The highest BCUT2D eigenvalue weighted by atomic mass is 32.1. The molecule has 0 amide bonds. The number of benzene rings is 1. The minimum atomic E-state index is -1.57. The summed E-state index contributed by atoms with van der Waals surface area (Å²) >= 11 is 1.26. The van der Waals surface area contributed by atoms with Crippen LogP contribution in [0.3, 0.4) is 0 Å². The summed E-state index contributed by atoms with van der Waals surface area (Å²) in [7, 11) is 0. The van der Waals surface area contributed by atoms with Crippen molar-refractivity contribution < 1.29 is 18.6 Å². The Hall–Kier alpha value is -2.50. The van der Waals surface area contributed by atoms with Gasteiger partial charge in [0.25, 0.3) is 0 Å². The number of piperidine rings is 1. The lowest BCUT2D eigenvalue weighted by molar-refractivity contribution is 0.0576. The van der Waals surface area contributed by atoms with E-state index in [9.17, 15) is 19.1 Å². The second-order valence-corrected chi connectivity index (χ2v) is 9.27. The second kappa shape index (κ2) is 8.70. The van der Waals surface area contributed by atoms with Crippen LogP contribution in [-0.4, -0.2) is 34.4 Å². The van der Waals surface area contributed by atoms with Crippen LogP contribution in [0, 0.1) is 28.5 Å². The number of aliphatic hydroxyl groups excluding tert-OH is 1. The summed E-state index contributed by atoms with van der Waals surface area (Å²) in [5, 5.41) is 20.0. The zero-order chi connectivity index (χ0) is 22.1. The third-order valence-corrected chi connectivity index (χ3v) is 6.34. The SMILES string of the molecule is C=C(O)[C@]1(C)C[C@@H](C)CN(Cc2sc(-c3cc(F)ccc3OC(C)F)nc2C#N)C1. The van der Waals surface area contributed by atoms with Gasteiger partial charge in [-0.1, -0.05) is 20.4 Å². The number of thiazole rings is 1. The molecule has 3 rings (SSSR count). The highest BCUT2D eigenvalue weighted by Crippen LogP contribution is 2.40. The Morgan fingerprint density at radius 1 is 1.57 bits per heavy atom. The van der Waals surface area contributed by atoms with Crippen LogP contribution in [0.5, 0.6) is 5.75 Å². The maximum Gasteiger partial charge on any atom is 0.235 e. The average Bonchev–Trinajstić information content (AvgIpc) is 3.04. The normalized spacial score (nSPS) is 23.0. The Balaban J connectivity index is 1.92. The van der Waals surface area contributed by atoms with Crippen LogP contribution in [-0.2, 0) is 6.54 Å². The molecule has 0 saturated carbocycles. The number of rotatable bonds is 6. The minimum absolute atomic E-state index is 0.159. The molecule has 1 aromatic heterocycles. The molecule has 0 spiro atoms. The number of likely N-dealkylation sites (tertiary alicyclic amines) is 1. The molecule has 8 heteroatoms. The van der Waals surface area contributed by atoms with E-state index < -0.39 is 17.6 Å². The number of halogens is 2. The van der Waals surface area contributed by atoms with Crippen molar-refractivity contribution in [3.8, 4) is 22.4 Å². The molecule has 0 radical (unpaired) electrons. The number of alkyl halides is 1. The molecule has 30 heavy (non-hydrogen) atoms. The van der Waals surface area contributed by atoms with E-state index in [1.54, 1.807) is 0 Å². The van der Waals surface area contributed by atoms with Crippen LogP contribution in [0.1, 0.15) is 37.8 Å². The van der Waals surface area contributed by atoms with E-state index in [0.29, 0.717) is 29.6 Å². The molecule has 1 N–H and O–H groups in total. The maximum absolute atomic E-state index is 13.9. The molecular formula is C22H25F2N3O2S. The van der Waals surface area contributed by atoms with Gasteiger partial charge in [-0.3, -0.25) is 4.90 Å². The zero-order valence-electron chi connectivity index (χ0n) is 17.3. The largest absolute Gasteiger partial charge is 0.512 e. The van der Waals surface area contributed by atoms with Crippen LogP contribution in [0.4, 0.5) is 8.78 Å². The molecule has 1 aliphatic heterocycles. The average molecular weight is 434 g/mol. The Morgan fingerprint density at radius 3 is 2.93 bits per heavy atom. The molecule has 0 aliphatic carbocycles. The van der Waals surface area contributed by atoms with Gasteiger partial charge < -0.3 is 9.84 Å². The summed E-state index contributed by atoms with van der Waals surface area (Å²) in [6.45, 7) is 11.0. The summed E-state index contributed by atoms with van der Waals surface area (Å²) < 4.78 is 32.4. The van der Waals surface area contributed by atoms with E-state index >= 15 is 0 Å². The fourth-order valence-electron chi connectivity index (χ4n) is 4.04. The number of aliphatic hydroxyl groups is 1. The fourth-order valence-corrected chi connectivity index (χ4v) is 5.11. The predicted molar refractivity (Wildman–Crippen MR) is 112 cm³/mol. The van der Waals surface area contributed by atoms with Gasteiger partial charge in [-0.05, 0) is 30.5 Å². The van der Waals surface area contributed by atoms with Crippen molar-refractivity contribution in [2.24, 2.45) is 11.3 Å². The van der Waals surface area contributed by atoms with E-state index in [0.717, 1.165) is 17.8 Å². The number of hydrogen-bond acceptors (Lipinski definition) is 6. The highest BCUT2D eigenvalue weighted by molar-refractivity contribution is 7.15. The molecule has 2 heterocycles. The van der Waals surface area contributed by atoms with Crippen molar-refractivity contribution in [2.75, 3.05) is 13.1 Å². The van der Waals surface area contributed by atoms with E-state index in [1.807, 2.05) is 6.92 Å². The van der Waals surface area contributed by atoms with Crippen LogP contribution in [0.15, 0.2) is 30.5 Å². The van der Waals surface area contributed by atoms with Crippen molar-refractivity contribution in [1.82, 2.24) is 9.88 Å². The lowest BCUT2D eigenvalue weighted by Crippen LogP contribution is -2.45. The number of hydrogen-bond donors (Lipinski definition) is 1. The molecule has 2 aromatic rings. The molecule has 1 aliphatic rings. The maximum atomic E-state index is 13.9. The van der Waals surface area contributed by atoms with Gasteiger partial charge in [0.15, 0.2) is 5.69 Å². The molecule has 5 nitrogen and oxygen atoms in total. The third-order valence-electron chi connectivity index (χ3n) is 5.27. The van der Waals surface area contributed by atoms with Crippen LogP contribution < -0.4 is 4.74 Å². The number of nitrogens with zero attached hydrogens (tertiary/aromatic N) is 3. The van der Waals surface area contributed by atoms with Gasteiger partial charge >= 0.3 is 0 Å². The molecule has 3 atom stereocenters. The van der Waals surface area contributed by atoms with Crippen molar-refractivity contribution in [2.45, 2.75) is 40.1 Å². The highest BCUT2D eigenvalue weighted by Gasteiger charge is 2.37. The Labute approximate surface area is 179 Å². The lowest BCUT2D eigenvalue weighted by Gasteiger charge is -2.42. The first-order valence-electron chi connectivity index (χ1n) is 9.72. The van der Waals surface area contributed by atoms with Gasteiger partial charge in [0, 0.05) is 32.0 Å². The molecule has 160 valence electrons. The van der Waals surface area contributed by atoms with E-state index in [1.165, 1.54) is 36.5 Å². The van der Waals surface area contributed by atoms with Crippen LogP contribution in [0.25, 0.3) is 10.6 Å². The Kier molecular flexibility index (Phi) is 6.44. The van der Waals surface area contributed by atoms with Gasteiger partial charge in [0.05, 0.1) is 16.2 Å². The molecule has 1 aromatic carbocycles. The summed E-state index contributed by atoms with van der Waals surface area (Å²) in [6.07, 6.45) is -0.730. The van der Waals surface area contributed by atoms with Crippen LogP contribution in [0.2, 0.25) is 0 Å². The predicted octanol–water partition coefficient (Wildman–Crippen LogP) is 5.43. The minimum Gasteiger partial charge on any atom is -0.512 e. The third kappa shape index (κ3) is 4.79. The van der Waals surface area contributed by atoms with Gasteiger partial charge in [0.2, 0.25) is 6.36 Å². The van der Waals surface area contributed by atoms with Crippen molar-refractivity contribution in [1.29, 1.82) is 5.26 Å². The first kappa shape index (κ1) is 22.2. The fraction of sp³-hybridized carbons (Fsp3) is 0.455. The molecule has 0 bridgehead atoms. The lowest BCUT2D eigenvalue weighted by atomic mass is 9.76. The smallest absolute Gasteiger partial charge is 0.235 e. The summed E-state index contributed by atoms with van der Waals surface area (Å²) in [4.78, 5) is 7.26. The van der Waals surface area contributed by atoms with Crippen LogP contribution >= 0.6 is 11.3 Å². The van der Waals surface area contributed by atoms with Gasteiger partial charge in [0.1, 0.15) is 22.6 Å².